The highest BCUT2D eigenvalue weighted by atomic mass is 35.5. The van der Waals surface area contributed by atoms with Crippen LogP contribution < -0.4 is 15.4 Å². The highest BCUT2D eigenvalue weighted by Gasteiger charge is 2.16. The highest BCUT2D eigenvalue weighted by molar-refractivity contribution is 7.98. The molecule has 7 nitrogen and oxygen atoms in total. The molecule has 2 amide bonds. The molecule has 2 N–H and O–H groups in total. The Balaban J connectivity index is 1.51. The van der Waals surface area contributed by atoms with Crippen molar-refractivity contribution in [3.63, 3.8) is 0 Å². The molecule has 9 heteroatoms. The summed E-state index contributed by atoms with van der Waals surface area (Å²) in [6, 6.07) is 21.1. The Morgan fingerprint density at radius 1 is 1.06 bits per heavy atom. The predicted octanol–water partition coefficient (Wildman–Crippen LogP) is 6.16. The molecule has 35 heavy (non-hydrogen) atoms. The van der Waals surface area contributed by atoms with Crippen LogP contribution in [0.3, 0.4) is 0 Å². The Labute approximate surface area is 213 Å². The molecule has 0 atom stereocenters. The SMILES string of the molecule is COc1cccc(CSc2nnc(CNC(=O)Nc3ccc(C)c(Cl)c3)n2-c2ccc(C)cc2)c1. The standard InChI is InChI=1S/C26H26ClN5O2S/c1-17-7-11-21(12-8-17)32-24(15-28-25(33)29-20-10-9-18(2)23(27)14-20)30-31-26(32)35-16-19-5-4-6-22(13-19)34-3/h4-14H,15-16H2,1-3H3,(H2,28,29,33). The average molecular weight is 508 g/mol. The van der Waals surface area contributed by atoms with Crippen LogP contribution in [0.15, 0.2) is 71.9 Å². The third-order valence-electron chi connectivity index (χ3n) is 5.33. The van der Waals surface area contributed by atoms with Gasteiger partial charge in [-0.25, -0.2) is 4.79 Å². The number of thioether (sulfide) groups is 1. The fraction of sp³-hybridized carbons (Fsp3) is 0.192. The van der Waals surface area contributed by atoms with E-state index in [0.29, 0.717) is 22.3 Å². The number of halogens is 1. The summed E-state index contributed by atoms with van der Waals surface area (Å²) in [4.78, 5) is 12.5. The van der Waals surface area contributed by atoms with Gasteiger partial charge in [-0.3, -0.25) is 4.57 Å². The van der Waals surface area contributed by atoms with Crippen LogP contribution >= 0.6 is 23.4 Å². The Bertz CT molecular complexity index is 1320. The third kappa shape index (κ3) is 6.35. The van der Waals surface area contributed by atoms with Crippen LogP contribution in [0.25, 0.3) is 5.69 Å². The lowest BCUT2D eigenvalue weighted by atomic mass is 10.2. The Morgan fingerprint density at radius 2 is 1.86 bits per heavy atom. The number of carbonyl (C=O) groups is 1. The number of rotatable bonds is 8. The van der Waals surface area contributed by atoms with Crippen LogP contribution in [0.1, 0.15) is 22.5 Å². The van der Waals surface area contributed by atoms with E-state index in [1.54, 1.807) is 24.9 Å². The second-order valence-corrected chi connectivity index (χ2v) is 9.33. The minimum atomic E-state index is -0.353. The smallest absolute Gasteiger partial charge is 0.319 e. The first-order valence-electron chi connectivity index (χ1n) is 11.0. The number of nitrogens with one attached hydrogen (secondary N) is 2. The van der Waals surface area contributed by atoms with Gasteiger partial charge < -0.3 is 15.4 Å². The number of aryl methyl sites for hydroxylation is 2. The number of methoxy groups -OCH3 is 1. The molecule has 0 aliphatic heterocycles. The molecule has 180 valence electrons. The number of urea groups is 1. The number of anilines is 1. The van der Waals surface area contributed by atoms with Crippen LogP contribution in [-0.2, 0) is 12.3 Å². The molecular weight excluding hydrogens is 482 g/mol. The minimum Gasteiger partial charge on any atom is -0.497 e. The molecule has 1 heterocycles. The van der Waals surface area contributed by atoms with Crippen LogP contribution in [-0.4, -0.2) is 27.9 Å². The van der Waals surface area contributed by atoms with Crippen LogP contribution in [0.2, 0.25) is 5.02 Å². The summed E-state index contributed by atoms with van der Waals surface area (Å²) in [5.41, 5.74) is 4.76. The van der Waals surface area contributed by atoms with Gasteiger partial charge in [-0.1, -0.05) is 59.3 Å². The second-order valence-electron chi connectivity index (χ2n) is 7.98. The number of amides is 2. The van der Waals surface area contributed by atoms with Crippen molar-refractivity contribution in [2.75, 3.05) is 12.4 Å². The number of benzene rings is 3. The largest absolute Gasteiger partial charge is 0.497 e. The third-order valence-corrected chi connectivity index (χ3v) is 6.74. The summed E-state index contributed by atoms with van der Waals surface area (Å²) in [6.45, 7) is 4.15. The monoisotopic (exact) mass is 507 g/mol. The summed E-state index contributed by atoms with van der Waals surface area (Å²) < 4.78 is 7.29. The van der Waals surface area contributed by atoms with Gasteiger partial charge in [0.15, 0.2) is 11.0 Å². The molecule has 0 unspecified atom stereocenters. The summed E-state index contributed by atoms with van der Waals surface area (Å²) in [5.74, 6) is 2.14. The zero-order valence-electron chi connectivity index (χ0n) is 19.7. The summed E-state index contributed by atoms with van der Waals surface area (Å²) in [5, 5.41) is 15.8. The first-order valence-corrected chi connectivity index (χ1v) is 12.4. The van der Waals surface area contributed by atoms with Crippen LogP contribution in [0.5, 0.6) is 5.75 Å². The van der Waals surface area contributed by atoms with Crippen LogP contribution in [0, 0.1) is 13.8 Å². The molecule has 0 saturated heterocycles. The predicted molar refractivity (Wildman–Crippen MR) is 141 cm³/mol. The van der Waals surface area contributed by atoms with Gasteiger partial charge in [0.05, 0.1) is 13.7 Å². The zero-order chi connectivity index (χ0) is 24.8. The van der Waals surface area contributed by atoms with Crippen LogP contribution in [0.4, 0.5) is 10.5 Å². The van der Waals surface area contributed by atoms with E-state index in [0.717, 1.165) is 33.3 Å². The van der Waals surface area contributed by atoms with Crippen molar-refractivity contribution in [1.82, 2.24) is 20.1 Å². The summed E-state index contributed by atoms with van der Waals surface area (Å²) in [6.07, 6.45) is 0. The van der Waals surface area contributed by atoms with E-state index in [1.807, 2.05) is 79.1 Å². The molecule has 3 aromatic carbocycles. The molecular formula is C26H26ClN5O2S. The van der Waals surface area contributed by atoms with E-state index < -0.39 is 0 Å². The number of aromatic nitrogens is 3. The second kappa shape index (κ2) is 11.3. The van der Waals surface area contributed by atoms with Gasteiger partial charge >= 0.3 is 6.03 Å². The quantitative estimate of drug-likeness (QED) is 0.279. The van der Waals surface area contributed by atoms with Gasteiger partial charge in [0.1, 0.15) is 5.75 Å². The summed E-state index contributed by atoms with van der Waals surface area (Å²) >= 11 is 7.73. The lowest BCUT2D eigenvalue weighted by Gasteiger charge is -2.12. The topological polar surface area (TPSA) is 81.1 Å². The lowest BCUT2D eigenvalue weighted by molar-refractivity contribution is 0.251. The van der Waals surface area contributed by atoms with E-state index in [9.17, 15) is 4.79 Å². The van der Waals surface area contributed by atoms with E-state index in [-0.39, 0.29) is 12.6 Å². The van der Waals surface area contributed by atoms with Gasteiger partial charge in [0.25, 0.3) is 0 Å². The number of hydrogen-bond donors (Lipinski definition) is 2. The molecule has 4 rings (SSSR count). The molecule has 0 saturated carbocycles. The van der Waals surface area contributed by atoms with Crippen molar-refractivity contribution in [2.45, 2.75) is 31.3 Å². The van der Waals surface area contributed by atoms with Crippen molar-refractivity contribution in [2.24, 2.45) is 0 Å². The van der Waals surface area contributed by atoms with E-state index in [2.05, 4.69) is 20.8 Å². The molecule has 0 spiro atoms. The van der Waals surface area contributed by atoms with Crippen molar-refractivity contribution in [3.8, 4) is 11.4 Å². The van der Waals surface area contributed by atoms with Crippen molar-refractivity contribution in [3.05, 3.63) is 94.3 Å². The summed E-state index contributed by atoms with van der Waals surface area (Å²) in [7, 11) is 1.66. The lowest BCUT2D eigenvalue weighted by Crippen LogP contribution is -2.29. The molecule has 0 aliphatic rings. The van der Waals surface area contributed by atoms with Gasteiger partial charge in [0, 0.05) is 22.2 Å². The zero-order valence-corrected chi connectivity index (χ0v) is 21.3. The van der Waals surface area contributed by atoms with Gasteiger partial charge in [-0.2, -0.15) is 0 Å². The Morgan fingerprint density at radius 3 is 2.60 bits per heavy atom. The van der Waals surface area contributed by atoms with E-state index in [4.69, 9.17) is 16.3 Å². The molecule has 0 bridgehead atoms. The molecule has 1 aromatic heterocycles. The van der Waals surface area contributed by atoms with Gasteiger partial charge in [-0.15, -0.1) is 10.2 Å². The number of hydrogen-bond acceptors (Lipinski definition) is 5. The van der Waals surface area contributed by atoms with Crippen molar-refractivity contribution >= 4 is 35.1 Å². The maximum absolute atomic E-state index is 12.5. The average Bonchev–Trinajstić information content (AvgIpc) is 3.27. The van der Waals surface area contributed by atoms with Gasteiger partial charge in [-0.05, 0) is 61.4 Å². The Kier molecular flexibility index (Phi) is 7.94. The first kappa shape index (κ1) is 24.6. The number of nitrogens with zero attached hydrogens (tertiary/aromatic N) is 3. The van der Waals surface area contributed by atoms with Crippen molar-refractivity contribution < 1.29 is 9.53 Å². The van der Waals surface area contributed by atoms with E-state index >= 15 is 0 Å². The normalized spacial score (nSPS) is 10.7. The number of ether oxygens (including phenoxy) is 1. The van der Waals surface area contributed by atoms with E-state index in [1.165, 1.54) is 0 Å². The molecule has 0 radical (unpaired) electrons. The molecule has 0 aliphatic carbocycles. The molecule has 0 fully saturated rings. The fourth-order valence-electron chi connectivity index (χ4n) is 3.38. The van der Waals surface area contributed by atoms with Gasteiger partial charge in [0.2, 0.25) is 0 Å². The first-order chi connectivity index (χ1) is 16.9. The maximum Gasteiger partial charge on any atom is 0.319 e. The number of carbonyl (C=O) groups excluding carboxylic acids is 1. The Hall–Kier alpha value is -3.49. The minimum absolute atomic E-state index is 0.200. The van der Waals surface area contributed by atoms with Crippen molar-refractivity contribution in [1.29, 1.82) is 0 Å². The highest BCUT2D eigenvalue weighted by Crippen LogP contribution is 2.27. The fourth-order valence-corrected chi connectivity index (χ4v) is 4.47. The molecule has 4 aromatic rings. The maximum atomic E-state index is 12.5.